The summed E-state index contributed by atoms with van der Waals surface area (Å²) in [6.45, 7) is 0. The van der Waals surface area contributed by atoms with E-state index in [9.17, 15) is 4.79 Å². The molecule has 0 radical (unpaired) electrons. The summed E-state index contributed by atoms with van der Waals surface area (Å²) in [6.07, 6.45) is -1.15. The second kappa shape index (κ2) is 4.34. The first-order valence-electron chi connectivity index (χ1n) is 3.39. The van der Waals surface area contributed by atoms with E-state index in [0.29, 0.717) is 5.56 Å². The van der Waals surface area contributed by atoms with Gasteiger partial charge in [-0.05, 0) is 12.1 Å². The third-order valence-corrected chi connectivity index (χ3v) is 2.19. The Balaban J connectivity index is 2.78. The van der Waals surface area contributed by atoms with Gasteiger partial charge in [0.1, 0.15) is 4.99 Å². The van der Waals surface area contributed by atoms with Gasteiger partial charge in [-0.2, -0.15) is 0 Å². The number of thiocarbonyl (C=S) groups is 1. The maximum absolute atomic E-state index is 10.2. The third-order valence-electron chi connectivity index (χ3n) is 1.33. The molecule has 0 unspecified atom stereocenters. The fourth-order valence-electron chi connectivity index (χ4n) is 0.771. The predicted octanol–water partition coefficient (Wildman–Crippen LogP) is 2.39. The molecule has 0 heterocycles. The number of nitrogens with one attached hydrogen (secondary N) is 1. The predicted molar refractivity (Wildman–Crippen MR) is 57.0 cm³/mol. The van der Waals surface area contributed by atoms with Crippen LogP contribution in [0.25, 0.3) is 0 Å². The van der Waals surface area contributed by atoms with E-state index in [1.807, 2.05) is 0 Å². The topological polar surface area (TPSA) is 49.3 Å². The monoisotopic (exact) mass is 259 g/mol. The van der Waals surface area contributed by atoms with E-state index in [-0.39, 0.29) is 4.99 Å². The van der Waals surface area contributed by atoms with Crippen molar-refractivity contribution in [3.63, 3.8) is 0 Å². The van der Waals surface area contributed by atoms with Gasteiger partial charge in [-0.3, -0.25) is 5.32 Å². The number of halogens is 1. The number of benzene rings is 1. The van der Waals surface area contributed by atoms with Crippen LogP contribution in [0.15, 0.2) is 28.7 Å². The Morgan fingerprint density at radius 2 is 1.92 bits per heavy atom. The van der Waals surface area contributed by atoms with Gasteiger partial charge in [0.25, 0.3) is 0 Å². The molecule has 0 aromatic heterocycles. The second-order valence-corrected chi connectivity index (χ2v) is 3.59. The molecule has 0 saturated carbocycles. The summed E-state index contributed by atoms with van der Waals surface area (Å²) in [5.74, 6) is 0. The lowest BCUT2D eigenvalue weighted by molar-refractivity contribution is 0.200. The van der Waals surface area contributed by atoms with Crippen LogP contribution in [0.4, 0.5) is 4.79 Å². The highest BCUT2D eigenvalue weighted by atomic mass is 79.9. The largest absolute Gasteiger partial charge is 0.465 e. The Labute approximate surface area is 88.9 Å². The lowest BCUT2D eigenvalue weighted by atomic mass is 10.2. The minimum atomic E-state index is -1.15. The molecule has 1 amide bonds. The van der Waals surface area contributed by atoms with Gasteiger partial charge in [0.2, 0.25) is 0 Å². The van der Waals surface area contributed by atoms with Gasteiger partial charge in [-0.1, -0.05) is 40.3 Å². The molecule has 0 atom stereocenters. The molecule has 1 aromatic rings. The Morgan fingerprint density at radius 3 is 2.38 bits per heavy atom. The zero-order chi connectivity index (χ0) is 9.84. The van der Waals surface area contributed by atoms with Gasteiger partial charge in [0.15, 0.2) is 0 Å². The lowest BCUT2D eigenvalue weighted by Crippen LogP contribution is -2.27. The average molecular weight is 260 g/mol. The Kier molecular flexibility index (Phi) is 3.39. The Hall–Kier alpha value is -0.940. The van der Waals surface area contributed by atoms with E-state index in [4.69, 9.17) is 17.3 Å². The van der Waals surface area contributed by atoms with Crippen LogP contribution in [-0.4, -0.2) is 16.2 Å². The Bertz CT molecular complexity index is 337. The molecular formula is C8H6BrNO2S. The smallest absolute Gasteiger partial charge is 0.409 e. The van der Waals surface area contributed by atoms with Crippen LogP contribution >= 0.6 is 28.1 Å². The number of hydrogen-bond acceptors (Lipinski definition) is 2. The first-order valence-corrected chi connectivity index (χ1v) is 4.59. The summed E-state index contributed by atoms with van der Waals surface area (Å²) in [7, 11) is 0. The summed E-state index contributed by atoms with van der Waals surface area (Å²) in [6, 6.07) is 7.07. The SMILES string of the molecule is O=C(O)NC(=S)c1ccc(Br)cc1. The van der Waals surface area contributed by atoms with Crippen LogP contribution in [0, 0.1) is 0 Å². The molecule has 13 heavy (non-hydrogen) atoms. The van der Waals surface area contributed by atoms with E-state index >= 15 is 0 Å². The van der Waals surface area contributed by atoms with Crippen molar-refractivity contribution >= 4 is 39.2 Å². The zero-order valence-electron chi connectivity index (χ0n) is 6.45. The van der Waals surface area contributed by atoms with Gasteiger partial charge < -0.3 is 5.11 Å². The minimum Gasteiger partial charge on any atom is -0.465 e. The van der Waals surface area contributed by atoms with E-state index in [0.717, 1.165) is 4.47 Å². The quantitative estimate of drug-likeness (QED) is 0.762. The molecule has 0 aliphatic heterocycles. The maximum atomic E-state index is 10.2. The number of carboxylic acid groups (broad SMARTS) is 1. The number of amides is 1. The molecule has 0 fully saturated rings. The molecule has 1 rings (SSSR count). The molecular weight excluding hydrogens is 254 g/mol. The summed E-state index contributed by atoms with van der Waals surface area (Å²) < 4.78 is 0.925. The normalized spacial score (nSPS) is 9.31. The van der Waals surface area contributed by atoms with Gasteiger partial charge in [0, 0.05) is 10.0 Å². The Morgan fingerprint density at radius 1 is 1.38 bits per heavy atom. The van der Waals surface area contributed by atoms with E-state index in [2.05, 4.69) is 21.2 Å². The average Bonchev–Trinajstić information content (AvgIpc) is 2.04. The molecule has 0 spiro atoms. The molecule has 5 heteroatoms. The molecule has 0 bridgehead atoms. The molecule has 0 saturated heterocycles. The van der Waals surface area contributed by atoms with Crippen molar-refractivity contribution in [3.05, 3.63) is 34.3 Å². The number of carbonyl (C=O) groups is 1. The van der Waals surface area contributed by atoms with Crippen molar-refractivity contribution in [2.24, 2.45) is 0 Å². The fourth-order valence-corrected chi connectivity index (χ4v) is 1.26. The fraction of sp³-hybridized carbons (Fsp3) is 0. The van der Waals surface area contributed by atoms with Crippen molar-refractivity contribution in [1.29, 1.82) is 0 Å². The molecule has 1 aromatic carbocycles. The summed E-state index contributed by atoms with van der Waals surface area (Å²) in [4.78, 5) is 10.5. The van der Waals surface area contributed by atoms with Crippen molar-refractivity contribution in [1.82, 2.24) is 5.32 Å². The number of hydrogen-bond donors (Lipinski definition) is 2. The van der Waals surface area contributed by atoms with Crippen molar-refractivity contribution in [3.8, 4) is 0 Å². The molecule has 0 aliphatic carbocycles. The molecule has 2 N–H and O–H groups in total. The van der Waals surface area contributed by atoms with Crippen LogP contribution in [0.5, 0.6) is 0 Å². The standard InChI is InChI=1S/C8H6BrNO2S/c9-6-3-1-5(2-4-6)7(13)10-8(11)12/h1-4H,(H,10,13)(H,11,12). The van der Waals surface area contributed by atoms with Crippen LogP contribution in [-0.2, 0) is 0 Å². The molecule has 3 nitrogen and oxygen atoms in total. The number of rotatable bonds is 1. The summed E-state index contributed by atoms with van der Waals surface area (Å²) >= 11 is 8.10. The molecule has 68 valence electrons. The highest BCUT2D eigenvalue weighted by molar-refractivity contribution is 9.10. The first kappa shape index (κ1) is 10.1. The van der Waals surface area contributed by atoms with Crippen LogP contribution in [0.1, 0.15) is 5.56 Å². The van der Waals surface area contributed by atoms with E-state index in [1.165, 1.54) is 0 Å². The highest BCUT2D eigenvalue weighted by Gasteiger charge is 2.03. The van der Waals surface area contributed by atoms with Crippen molar-refractivity contribution in [2.75, 3.05) is 0 Å². The van der Waals surface area contributed by atoms with Gasteiger partial charge in [0.05, 0.1) is 0 Å². The van der Waals surface area contributed by atoms with Crippen LogP contribution < -0.4 is 5.32 Å². The summed E-state index contributed by atoms with van der Waals surface area (Å²) in [5.41, 5.74) is 0.681. The van der Waals surface area contributed by atoms with Gasteiger partial charge in [-0.15, -0.1) is 0 Å². The first-order chi connectivity index (χ1) is 6.09. The van der Waals surface area contributed by atoms with Crippen molar-refractivity contribution in [2.45, 2.75) is 0 Å². The molecule has 0 aliphatic rings. The van der Waals surface area contributed by atoms with Gasteiger partial charge in [-0.25, -0.2) is 4.79 Å². The third kappa shape index (κ3) is 3.12. The highest BCUT2D eigenvalue weighted by Crippen LogP contribution is 2.10. The second-order valence-electron chi connectivity index (χ2n) is 2.27. The van der Waals surface area contributed by atoms with Crippen LogP contribution in [0.3, 0.4) is 0 Å². The van der Waals surface area contributed by atoms with Crippen LogP contribution in [0.2, 0.25) is 0 Å². The minimum absolute atomic E-state index is 0.208. The van der Waals surface area contributed by atoms with Gasteiger partial charge >= 0.3 is 6.09 Å². The van der Waals surface area contributed by atoms with E-state index in [1.54, 1.807) is 24.3 Å². The van der Waals surface area contributed by atoms with E-state index < -0.39 is 6.09 Å². The zero-order valence-corrected chi connectivity index (χ0v) is 8.85. The maximum Gasteiger partial charge on any atom is 0.409 e. The van der Waals surface area contributed by atoms with Crippen molar-refractivity contribution < 1.29 is 9.90 Å². The summed E-state index contributed by atoms with van der Waals surface area (Å²) in [5, 5.41) is 10.5. The lowest BCUT2D eigenvalue weighted by Gasteiger charge is -2.02.